The SMILES string of the molecule is C=C1CCN(C(=O)CCCOc2cccc(Cl)c2Cl)CC1. The number of ether oxygens (including phenoxy) is 1. The Bertz CT molecular complexity index is 521. The van der Waals surface area contributed by atoms with Gasteiger partial charge in [0.05, 0.1) is 11.6 Å². The zero-order valence-corrected chi connectivity index (χ0v) is 13.4. The third-order valence-electron chi connectivity index (χ3n) is 3.53. The second-order valence-electron chi connectivity index (χ2n) is 5.13. The number of hydrogen-bond donors (Lipinski definition) is 0. The quantitative estimate of drug-likeness (QED) is 0.595. The van der Waals surface area contributed by atoms with E-state index in [1.54, 1.807) is 18.2 Å². The topological polar surface area (TPSA) is 29.5 Å². The zero-order valence-electron chi connectivity index (χ0n) is 11.9. The fourth-order valence-corrected chi connectivity index (χ4v) is 2.58. The molecule has 1 saturated heterocycles. The van der Waals surface area contributed by atoms with Gasteiger partial charge >= 0.3 is 0 Å². The molecule has 1 aromatic rings. The van der Waals surface area contributed by atoms with E-state index in [9.17, 15) is 4.79 Å². The summed E-state index contributed by atoms with van der Waals surface area (Å²) in [4.78, 5) is 13.9. The van der Waals surface area contributed by atoms with Gasteiger partial charge in [0.1, 0.15) is 10.8 Å². The number of hydrogen-bond acceptors (Lipinski definition) is 2. The molecule has 1 fully saturated rings. The smallest absolute Gasteiger partial charge is 0.222 e. The molecular formula is C16H19Cl2NO2. The van der Waals surface area contributed by atoms with Gasteiger partial charge < -0.3 is 9.64 Å². The molecule has 1 aliphatic heterocycles. The van der Waals surface area contributed by atoms with Gasteiger partial charge in [-0.1, -0.05) is 41.4 Å². The molecule has 0 N–H and O–H groups in total. The highest BCUT2D eigenvalue weighted by Crippen LogP contribution is 2.31. The van der Waals surface area contributed by atoms with E-state index in [4.69, 9.17) is 27.9 Å². The molecule has 1 heterocycles. The molecule has 1 aliphatic rings. The maximum Gasteiger partial charge on any atom is 0.222 e. The van der Waals surface area contributed by atoms with Crippen LogP contribution in [0.4, 0.5) is 0 Å². The Balaban J connectivity index is 1.71. The van der Waals surface area contributed by atoms with E-state index >= 15 is 0 Å². The monoisotopic (exact) mass is 327 g/mol. The van der Waals surface area contributed by atoms with Gasteiger partial charge in [0.15, 0.2) is 0 Å². The first-order chi connectivity index (χ1) is 10.1. The summed E-state index contributed by atoms with van der Waals surface area (Å²) in [5.74, 6) is 0.745. The molecule has 114 valence electrons. The van der Waals surface area contributed by atoms with Gasteiger partial charge in [0.2, 0.25) is 5.91 Å². The first-order valence-electron chi connectivity index (χ1n) is 7.09. The van der Waals surface area contributed by atoms with E-state index in [1.807, 2.05) is 4.90 Å². The van der Waals surface area contributed by atoms with Crippen molar-refractivity contribution in [3.05, 3.63) is 40.4 Å². The maximum absolute atomic E-state index is 12.0. The molecule has 0 unspecified atom stereocenters. The molecule has 0 bridgehead atoms. The summed E-state index contributed by atoms with van der Waals surface area (Å²) < 4.78 is 5.57. The maximum atomic E-state index is 12.0. The highest BCUT2D eigenvalue weighted by Gasteiger charge is 2.17. The molecular weight excluding hydrogens is 309 g/mol. The van der Waals surface area contributed by atoms with Crippen LogP contribution in [0.15, 0.2) is 30.4 Å². The van der Waals surface area contributed by atoms with Gasteiger partial charge in [-0.25, -0.2) is 0 Å². The number of rotatable bonds is 5. The van der Waals surface area contributed by atoms with E-state index in [0.29, 0.717) is 35.2 Å². The van der Waals surface area contributed by atoms with Gasteiger partial charge in [-0.3, -0.25) is 4.79 Å². The largest absolute Gasteiger partial charge is 0.492 e. The lowest BCUT2D eigenvalue weighted by molar-refractivity contribution is -0.131. The Morgan fingerprint density at radius 2 is 2.00 bits per heavy atom. The normalized spacial score (nSPS) is 15.1. The second kappa shape index (κ2) is 7.71. The number of amides is 1. The van der Waals surface area contributed by atoms with Gasteiger partial charge in [0, 0.05) is 19.5 Å². The molecule has 0 saturated carbocycles. The second-order valence-corrected chi connectivity index (χ2v) is 5.92. The summed E-state index contributed by atoms with van der Waals surface area (Å²) in [5, 5.41) is 0.888. The van der Waals surface area contributed by atoms with Crippen LogP contribution >= 0.6 is 23.2 Å². The average Bonchev–Trinajstić information content (AvgIpc) is 2.48. The first kappa shape index (κ1) is 16.2. The van der Waals surface area contributed by atoms with Crippen LogP contribution in [0, 0.1) is 0 Å². The minimum atomic E-state index is 0.184. The number of halogens is 2. The molecule has 0 radical (unpaired) electrons. The van der Waals surface area contributed by atoms with Crippen molar-refractivity contribution in [2.75, 3.05) is 19.7 Å². The van der Waals surface area contributed by atoms with Crippen molar-refractivity contribution in [1.82, 2.24) is 4.90 Å². The zero-order chi connectivity index (χ0) is 15.2. The summed E-state index contributed by atoms with van der Waals surface area (Å²) in [6.45, 7) is 5.98. The highest BCUT2D eigenvalue weighted by atomic mass is 35.5. The number of nitrogens with zero attached hydrogens (tertiary/aromatic N) is 1. The number of likely N-dealkylation sites (tertiary alicyclic amines) is 1. The predicted molar refractivity (Wildman–Crippen MR) is 86.1 cm³/mol. The van der Waals surface area contributed by atoms with Crippen LogP contribution in [0.3, 0.4) is 0 Å². The first-order valence-corrected chi connectivity index (χ1v) is 7.85. The Morgan fingerprint density at radius 1 is 1.29 bits per heavy atom. The molecule has 5 heteroatoms. The van der Waals surface area contributed by atoms with Crippen molar-refractivity contribution < 1.29 is 9.53 Å². The van der Waals surface area contributed by atoms with Crippen LogP contribution in [-0.4, -0.2) is 30.5 Å². The Labute approximate surface area is 135 Å². The summed E-state index contributed by atoms with van der Waals surface area (Å²) >= 11 is 11.9. The van der Waals surface area contributed by atoms with Crippen LogP contribution < -0.4 is 4.74 Å². The van der Waals surface area contributed by atoms with Crippen molar-refractivity contribution in [1.29, 1.82) is 0 Å². The van der Waals surface area contributed by atoms with Gasteiger partial charge in [0.25, 0.3) is 0 Å². The van der Waals surface area contributed by atoms with E-state index in [0.717, 1.165) is 25.9 Å². The fraction of sp³-hybridized carbons (Fsp3) is 0.438. The number of carbonyl (C=O) groups excluding carboxylic acids is 1. The third-order valence-corrected chi connectivity index (χ3v) is 4.33. The van der Waals surface area contributed by atoms with Crippen LogP contribution in [-0.2, 0) is 4.79 Å². The van der Waals surface area contributed by atoms with E-state index in [2.05, 4.69) is 6.58 Å². The van der Waals surface area contributed by atoms with Crippen molar-refractivity contribution >= 4 is 29.1 Å². The Morgan fingerprint density at radius 3 is 2.71 bits per heavy atom. The average molecular weight is 328 g/mol. The molecule has 0 aromatic heterocycles. The fourth-order valence-electron chi connectivity index (χ4n) is 2.23. The molecule has 2 rings (SSSR count). The minimum absolute atomic E-state index is 0.184. The lowest BCUT2D eigenvalue weighted by atomic mass is 10.1. The summed E-state index contributed by atoms with van der Waals surface area (Å²) in [6, 6.07) is 5.27. The van der Waals surface area contributed by atoms with Crippen molar-refractivity contribution in [3.8, 4) is 5.75 Å². The number of piperidine rings is 1. The van der Waals surface area contributed by atoms with E-state index in [-0.39, 0.29) is 5.91 Å². The molecule has 0 atom stereocenters. The lowest BCUT2D eigenvalue weighted by Gasteiger charge is -2.28. The standard InChI is InChI=1S/C16H19Cl2NO2/c1-12-7-9-19(10-8-12)15(20)6-3-11-21-14-5-2-4-13(17)16(14)18/h2,4-5H,1,3,6-11H2. The lowest BCUT2D eigenvalue weighted by Crippen LogP contribution is -2.36. The number of carbonyl (C=O) groups is 1. The molecule has 3 nitrogen and oxygen atoms in total. The van der Waals surface area contributed by atoms with Crippen LogP contribution in [0.25, 0.3) is 0 Å². The van der Waals surface area contributed by atoms with Gasteiger partial charge in [-0.2, -0.15) is 0 Å². The molecule has 21 heavy (non-hydrogen) atoms. The minimum Gasteiger partial charge on any atom is -0.492 e. The van der Waals surface area contributed by atoms with E-state index < -0.39 is 0 Å². The van der Waals surface area contributed by atoms with Crippen LogP contribution in [0.2, 0.25) is 10.0 Å². The molecule has 1 amide bonds. The third kappa shape index (κ3) is 4.65. The molecule has 1 aromatic carbocycles. The summed E-state index contributed by atoms with van der Waals surface area (Å²) in [5.41, 5.74) is 1.23. The highest BCUT2D eigenvalue weighted by molar-refractivity contribution is 6.42. The Kier molecular flexibility index (Phi) is 5.95. The van der Waals surface area contributed by atoms with Gasteiger partial charge in [-0.05, 0) is 31.4 Å². The van der Waals surface area contributed by atoms with Gasteiger partial charge in [-0.15, -0.1) is 0 Å². The predicted octanol–water partition coefficient (Wildman–Crippen LogP) is 4.33. The number of benzene rings is 1. The summed E-state index contributed by atoms with van der Waals surface area (Å²) in [7, 11) is 0. The van der Waals surface area contributed by atoms with Crippen molar-refractivity contribution in [3.63, 3.8) is 0 Å². The van der Waals surface area contributed by atoms with Crippen LogP contribution in [0.5, 0.6) is 5.75 Å². The Hall–Kier alpha value is -1.19. The van der Waals surface area contributed by atoms with Crippen molar-refractivity contribution in [2.45, 2.75) is 25.7 Å². The van der Waals surface area contributed by atoms with Crippen molar-refractivity contribution in [2.24, 2.45) is 0 Å². The molecule has 0 spiro atoms. The summed E-state index contributed by atoms with van der Waals surface area (Å²) in [6.07, 6.45) is 2.99. The van der Waals surface area contributed by atoms with Crippen LogP contribution in [0.1, 0.15) is 25.7 Å². The molecule has 0 aliphatic carbocycles. The van der Waals surface area contributed by atoms with E-state index in [1.165, 1.54) is 5.57 Å².